The van der Waals surface area contributed by atoms with Crippen LogP contribution in [0.1, 0.15) is 28.4 Å². The number of urea groups is 1. The molecule has 0 spiro atoms. The number of hydrogen-bond acceptors (Lipinski definition) is 3. The number of hydrogen-bond donors (Lipinski definition) is 2. The molecule has 0 radical (unpaired) electrons. The molecular weight excluding hydrogens is 292 g/mol. The summed E-state index contributed by atoms with van der Waals surface area (Å²) in [5, 5.41) is 5.29. The molecule has 120 valence electrons. The van der Waals surface area contributed by atoms with Gasteiger partial charge in [-0.05, 0) is 68.3 Å². The van der Waals surface area contributed by atoms with Gasteiger partial charge in [-0.25, -0.2) is 4.79 Å². The average molecular weight is 312 g/mol. The van der Waals surface area contributed by atoms with Crippen LogP contribution in [0.25, 0.3) is 0 Å². The van der Waals surface area contributed by atoms with E-state index in [0.717, 1.165) is 5.56 Å². The molecule has 0 bridgehead atoms. The summed E-state index contributed by atoms with van der Waals surface area (Å²) >= 11 is 0. The Balaban J connectivity index is 1.80. The fourth-order valence-corrected chi connectivity index (χ4v) is 1.95. The van der Waals surface area contributed by atoms with Crippen molar-refractivity contribution < 1.29 is 14.3 Å². The first-order valence-corrected chi connectivity index (χ1v) is 7.31. The van der Waals surface area contributed by atoms with E-state index < -0.39 is 0 Å². The molecule has 0 saturated heterocycles. The average Bonchev–Trinajstić information content (AvgIpc) is 2.51. The van der Waals surface area contributed by atoms with Crippen LogP contribution in [0.15, 0.2) is 42.5 Å². The number of nitrogens with one attached hydrogen (secondary N) is 2. The van der Waals surface area contributed by atoms with E-state index in [2.05, 4.69) is 10.6 Å². The van der Waals surface area contributed by atoms with Crippen molar-refractivity contribution in [3.05, 3.63) is 59.2 Å². The van der Waals surface area contributed by atoms with Gasteiger partial charge in [0, 0.05) is 11.3 Å². The molecule has 0 aliphatic carbocycles. The first kappa shape index (κ1) is 16.5. The number of carbonyl (C=O) groups excluding carboxylic acids is 2. The van der Waals surface area contributed by atoms with Crippen molar-refractivity contribution in [2.24, 2.45) is 0 Å². The largest absolute Gasteiger partial charge is 0.473 e. The van der Waals surface area contributed by atoms with Crippen molar-refractivity contribution in [1.82, 2.24) is 5.32 Å². The number of ketones is 1. The molecular formula is C18H20N2O3. The maximum absolute atomic E-state index is 11.8. The normalized spacial score (nSPS) is 10.0. The fraction of sp³-hybridized carbons (Fsp3) is 0.222. The van der Waals surface area contributed by atoms with Crippen molar-refractivity contribution in [2.75, 3.05) is 12.0 Å². The molecule has 0 saturated carbocycles. The standard InChI is InChI=1S/C18H20N2O3/c1-12-4-9-17(10-13(12)2)23-11-19-18(22)20-16-7-5-15(6-8-16)14(3)21/h4-10H,11H2,1-3H3,(H2,19,20,22). The van der Waals surface area contributed by atoms with Crippen LogP contribution >= 0.6 is 0 Å². The minimum atomic E-state index is -0.371. The quantitative estimate of drug-likeness (QED) is 0.654. The smallest absolute Gasteiger partial charge is 0.321 e. The summed E-state index contributed by atoms with van der Waals surface area (Å²) in [7, 11) is 0. The summed E-state index contributed by atoms with van der Waals surface area (Å²) in [4.78, 5) is 23.0. The lowest BCUT2D eigenvalue weighted by molar-refractivity contribution is 0.101. The summed E-state index contributed by atoms with van der Waals surface area (Å²) in [5.74, 6) is 0.696. The van der Waals surface area contributed by atoms with Gasteiger partial charge in [-0.2, -0.15) is 0 Å². The van der Waals surface area contributed by atoms with Crippen LogP contribution in [-0.2, 0) is 0 Å². The Morgan fingerprint density at radius 1 is 1.00 bits per heavy atom. The van der Waals surface area contributed by atoms with Gasteiger partial charge >= 0.3 is 6.03 Å². The van der Waals surface area contributed by atoms with Gasteiger partial charge in [-0.1, -0.05) is 6.07 Å². The number of amides is 2. The molecule has 0 aliphatic heterocycles. The lowest BCUT2D eigenvalue weighted by Gasteiger charge is -2.10. The van der Waals surface area contributed by atoms with Crippen molar-refractivity contribution in [3.63, 3.8) is 0 Å². The number of anilines is 1. The van der Waals surface area contributed by atoms with Gasteiger partial charge in [-0.15, -0.1) is 0 Å². The predicted octanol–water partition coefficient (Wildman–Crippen LogP) is 3.66. The molecule has 23 heavy (non-hydrogen) atoms. The maximum Gasteiger partial charge on any atom is 0.321 e. The molecule has 5 heteroatoms. The SMILES string of the molecule is CC(=O)c1ccc(NC(=O)NCOc2ccc(C)c(C)c2)cc1. The Labute approximate surface area is 135 Å². The Hall–Kier alpha value is -2.82. The predicted molar refractivity (Wildman–Crippen MR) is 90.0 cm³/mol. The molecule has 2 aromatic rings. The lowest BCUT2D eigenvalue weighted by Crippen LogP contribution is -2.32. The van der Waals surface area contributed by atoms with Gasteiger partial charge in [0.25, 0.3) is 0 Å². The molecule has 2 aromatic carbocycles. The van der Waals surface area contributed by atoms with E-state index in [0.29, 0.717) is 17.0 Å². The van der Waals surface area contributed by atoms with Gasteiger partial charge in [0.2, 0.25) is 0 Å². The third kappa shape index (κ3) is 4.85. The maximum atomic E-state index is 11.8. The minimum absolute atomic E-state index is 0.0113. The molecule has 0 aliphatic rings. The van der Waals surface area contributed by atoms with Gasteiger partial charge in [-0.3, -0.25) is 4.79 Å². The van der Waals surface area contributed by atoms with Crippen LogP contribution in [0, 0.1) is 13.8 Å². The molecule has 0 unspecified atom stereocenters. The molecule has 2 amide bonds. The van der Waals surface area contributed by atoms with Crippen LogP contribution in [0.4, 0.5) is 10.5 Å². The summed E-state index contributed by atoms with van der Waals surface area (Å²) in [6, 6.07) is 12.1. The van der Waals surface area contributed by atoms with Crippen LogP contribution in [-0.4, -0.2) is 18.5 Å². The second-order valence-corrected chi connectivity index (χ2v) is 5.30. The number of aryl methyl sites for hydroxylation is 2. The summed E-state index contributed by atoms with van der Waals surface area (Å²) in [5.41, 5.74) is 3.54. The second-order valence-electron chi connectivity index (χ2n) is 5.30. The van der Waals surface area contributed by atoms with Crippen molar-refractivity contribution in [2.45, 2.75) is 20.8 Å². The van der Waals surface area contributed by atoms with Crippen LogP contribution in [0.2, 0.25) is 0 Å². The van der Waals surface area contributed by atoms with Crippen molar-refractivity contribution in [1.29, 1.82) is 0 Å². The van der Waals surface area contributed by atoms with Gasteiger partial charge in [0.05, 0.1) is 0 Å². The van der Waals surface area contributed by atoms with Crippen molar-refractivity contribution >= 4 is 17.5 Å². The lowest BCUT2D eigenvalue weighted by atomic mass is 10.1. The number of rotatable bonds is 5. The number of carbonyl (C=O) groups is 2. The van der Waals surface area contributed by atoms with Crippen LogP contribution in [0.3, 0.4) is 0 Å². The molecule has 0 atom stereocenters. The minimum Gasteiger partial charge on any atom is -0.473 e. The number of benzene rings is 2. The zero-order valence-electron chi connectivity index (χ0n) is 13.5. The van der Waals surface area contributed by atoms with Crippen LogP contribution < -0.4 is 15.4 Å². The molecule has 0 fully saturated rings. The first-order chi connectivity index (χ1) is 11.0. The number of Topliss-reactive ketones (excluding diaryl/α,β-unsaturated/α-hetero) is 1. The Morgan fingerprint density at radius 3 is 2.30 bits per heavy atom. The third-order valence-electron chi connectivity index (χ3n) is 3.50. The highest BCUT2D eigenvalue weighted by Gasteiger charge is 2.03. The highest BCUT2D eigenvalue weighted by molar-refractivity contribution is 5.95. The molecule has 0 aromatic heterocycles. The molecule has 0 heterocycles. The fourth-order valence-electron chi connectivity index (χ4n) is 1.95. The van der Waals surface area contributed by atoms with Gasteiger partial charge in [0.15, 0.2) is 12.5 Å². The topological polar surface area (TPSA) is 67.4 Å². The highest BCUT2D eigenvalue weighted by Crippen LogP contribution is 2.16. The zero-order valence-corrected chi connectivity index (χ0v) is 13.5. The summed E-state index contributed by atoms with van der Waals surface area (Å²) in [6.07, 6.45) is 0. The number of ether oxygens (including phenoxy) is 1. The first-order valence-electron chi connectivity index (χ1n) is 7.31. The Kier molecular flexibility index (Phi) is 5.36. The van der Waals surface area contributed by atoms with Gasteiger partial charge < -0.3 is 15.4 Å². The van der Waals surface area contributed by atoms with E-state index >= 15 is 0 Å². The molecule has 2 N–H and O–H groups in total. The summed E-state index contributed by atoms with van der Waals surface area (Å²) < 4.78 is 5.48. The second kappa shape index (κ2) is 7.45. The van der Waals surface area contributed by atoms with E-state index in [-0.39, 0.29) is 18.5 Å². The Morgan fingerprint density at radius 2 is 1.70 bits per heavy atom. The Bertz CT molecular complexity index is 709. The van der Waals surface area contributed by atoms with E-state index in [1.807, 2.05) is 32.0 Å². The molecule has 2 rings (SSSR count). The highest BCUT2D eigenvalue weighted by atomic mass is 16.5. The van der Waals surface area contributed by atoms with E-state index in [1.165, 1.54) is 12.5 Å². The van der Waals surface area contributed by atoms with Crippen LogP contribution in [0.5, 0.6) is 5.75 Å². The third-order valence-corrected chi connectivity index (χ3v) is 3.50. The molecule has 5 nitrogen and oxygen atoms in total. The van der Waals surface area contributed by atoms with E-state index in [1.54, 1.807) is 24.3 Å². The van der Waals surface area contributed by atoms with E-state index in [9.17, 15) is 9.59 Å². The van der Waals surface area contributed by atoms with Crippen molar-refractivity contribution in [3.8, 4) is 5.75 Å². The van der Waals surface area contributed by atoms with E-state index in [4.69, 9.17) is 4.74 Å². The zero-order chi connectivity index (χ0) is 16.8. The monoisotopic (exact) mass is 312 g/mol. The van der Waals surface area contributed by atoms with Gasteiger partial charge in [0.1, 0.15) is 5.75 Å². The summed E-state index contributed by atoms with van der Waals surface area (Å²) in [6.45, 7) is 5.61.